The van der Waals surface area contributed by atoms with Crippen LogP contribution in [0.5, 0.6) is 5.88 Å². The third-order valence-corrected chi connectivity index (χ3v) is 3.53. The minimum atomic E-state index is 0.235. The molecule has 0 aliphatic carbocycles. The third-order valence-electron chi connectivity index (χ3n) is 3.53. The summed E-state index contributed by atoms with van der Waals surface area (Å²) in [6, 6.07) is 12.6. The first kappa shape index (κ1) is 13.1. The van der Waals surface area contributed by atoms with E-state index in [0.29, 0.717) is 19.1 Å². The van der Waals surface area contributed by atoms with Gasteiger partial charge in [-0.1, -0.05) is 24.3 Å². The van der Waals surface area contributed by atoms with E-state index in [9.17, 15) is 0 Å². The van der Waals surface area contributed by atoms with Gasteiger partial charge in [0.2, 0.25) is 5.88 Å². The van der Waals surface area contributed by atoms with Crippen LogP contribution >= 0.6 is 0 Å². The monoisotopic (exact) mass is 270 g/mol. The van der Waals surface area contributed by atoms with Crippen molar-refractivity contribution in [1.82, 2.24) is 10.3 Å². The summed E-state index contributed by atoms with van der Waals surface area (Å²) in [5.41, 5.74) is 3.75. The Labute approximate surface area is 118 Å². The van der Waals surface area contributed by atoms with Crippen LogP contribution in [-0.4, -0.2) is 18.7 Å². The van der Waals surface area contributed by atoms with Crippen LogP contribution < -0.4 is 10.1 Å². The molecule has 3 rings (SSSR count). The van der Waals surface area contributed by atoms with Crippen molar-refractivity contribution in [3.05, 3.63) is 59.3 Å². The smallest absolute Gasteiger partial charge is 0.213 e. The van der Waals surface area contributed by atoms with Crippen LogP contribution in [-0.2, 0) is 17.9 Å². The van der Waals surface area contributed by atoms with Gasteiger partial charge in [0.05, 0.1) is 26.4 Å². The van der Waals surface area contributed by atoms with Gasteiger partial charge in [0, 0.05) is 18.8 Å². The Morgan fingerprint density at radius 3 is 3.15 bits per heavy atom. The lowest BCUT2D eigenvalue weighted by atomic mass is 9.99. The summed E-state index contributed by atoms with van der Waals surface area (Å²) in [6.45, 7) is 2.18. The number of nitrogens with one attached hydrogen (secondary N) is 1. The molecule has 104 valence electrons. The summed E-state index contributed by atoms with van der Waals surface area (Å²) < 4.78 is 10.8. The Morgan fingerprint density at radius 1 is 1.35 bits per heavy atom. The molecule has 4 heteroatoms. The summed E-state index contributed by atoms with van der Waals surface area (Å²) in [5, 5.41) is 3.54. The molecule has 4 nitrogen and oxygen atoms in total. The Bertz CT molecular complexity index is 586. The van der Waals surface area contributed by atoms with Gasteiger partial charge in [-0.15, -0.1) is 0 Å². The van der Waals surface area contributed by atoms with Crippen LogP contribution in [0.25, 0.3) is 0 Å². The number of hydrogen-bond donors (Lipinski definition) is 1. The number of pyridine rings is 1. The first-order chi connectivity index (χ1) is 9.86. The van der Waals surface area contributed by atoms with Crippen molar-refractivity contribution in [1.29, 1.82) is 0 Å². The van der Waals surface area contributed by atoms with Gasteiger partial charge in [0.15, 0.2) is 0 Å². The van der Waals surface area contributed by atoms with Crippen molar-refractivity contribution < 1.29 is 9.47 Å². The predicted molar refractivity (Wildman–Crippen MR) is 76.5 cm³/mol. The van der Waals surface area contributed by atoms with Crippen LogP contribution in [0.1, 0.15) is 22.7 Å². The Balaban J connectivity index is 1.70. The SMILES string of the molecule is COc1cc(CNC2COCc3ccccc32)ccn1. The second kappa shape index (κ2) is 6.03. The zero-order valence-electron chi connectivity index (χ0n) is 11.5. The molecule has 1 aliphatic heterocycles. The van der Waals surface area contributed by atoms with Gasteiger partial charge in [0.1, 0.15) is 0 Å². The number of ether oxygens (including phenoxy) is 2. The number of methoxy groups -OCH3 is 1. The molecule has 1 atom stereocenters. The van der Waals surface area contributed by atoms with E-state index in [0.717, 1.165) is 12.1 Å². The van der Waals surface area contributed by atoms with Crippen LogP contribution in [0.3, 0.4) is 0 Å². The van der Waals surface area contributed by atoms with Gasteiger partial charge >= 0.3 is 0 Å². The normalized spacial score (nSPS) is 17.6. The second-order valence-corrected chi connectivity index (χ2v) is 4.85. The summed E-state index contributed by atoms with van der Waals surface area (Å²) in [7, 11) is 1.63. The van der Waals surface area contributed by atoms with Gasteiger partial charge in [0.25, 0.3) is 0 Å². The lowest BCUT2D eigenvalue weighted by Crippen LogP contribution is -2.29. The van der Waals surface area contributed by atoms with Crippen LogP contribution in [0.4, 0.5) is 0 Å². The van der Waals surface area contributed by atoms with E-state index in [4.69, 9.17) is 9.47 Å². The Morgan fingerprint density at radius 2 is 2.25 bits per heavy atom. The number of aromatic nitrogens is 1. The molecule has 1 aliphatic rings. The van der Waals surface area contributed by atoms with Crippen molar-refractivity contribution in [3.8, 4) is 5.88 Å². The maximum atomic E-state index is 5.64. The highest BCUT2D eigenvalue weighted by atomic mass is 16.5. The highest BCUT2D eigenvalue weighted by Crippen LogP contribution is 2.24. The average Bonchev–Trinajstić information content (AvgIpc) is 2.53. The standard InChI is InChI=1S/C16H18N2O2/c1-19-16-8-12(6-7-17-16)9-18-15-11-20-10-13-4-2-3-5-14(13)15/h2-8,15,18H,9-11H2,1H3. The van der Waals surface area contributed by atoms with E-state index in [-0.39, 0.29) is 6.04 Å². The molecule has 2 heterocycles. The summed E-state index contributed by atoms with van der Waals surface area (Å²) in [6.07, 6.45) is 1.77. The maximum absolute atomic E-state index is 5.64. The molecule has 1 aromatic heterocycles. The molecule has 1 N–H and O–H groups in total. The number of hydrogen-bond acceptors (Lipinski definition) is 4. The summed E-state index contributed by atoms with van der Waals surface area (Å²) in [5.74, 6) is 0.643. The topological polar surface area (TPSA) is 43.4 Å². The number of nitrogens with zero attached hydrogens (tertiary/aromatic N) is 1. The fraction of sp³-hybridized carbons (Fsp3) is 0.312. The minimum Gasteiger partial charge on any atom is -0.481 e. The van der Waals surface area contributed by atoms with E-state index in [1.54, 1.807) is 13.3 Å². The molecule has 0 saturated heterocycles. The molecule has 0 spiro atoms. The fourth-order valence-electron chi connectivity index (χ4n) is 2.46. The minimum absolute atomic E-state index is 0.235. The van der Waals surface area contributed by atoms with Gasteiger partial charge in [-0.05, 0) is 22.8 Å². The molecule has 0 fully saturated rings. The number of rotatable bonds is 4. The zero-order chi connectivity index (χ0) is 13.8. The van der Waals surface area contributed by atoms with Gasteiger partial charge in [-0.3, -0.25) is 0 Å². The Hall–Kier alpha value is -1.91. The van der Waals surface area contributed by atoms with Crippen molar-refractivity contribution in [2.75, 3.05) is 13.7 Å². The van der Waals surface area contributed by atoms with Crippen molar-refractivity contribution in [3.63, 3.8) is 0 Å². The van der Waals surface area contributed by atoms with Crippen LogP contribution in [0, 0.1) is 0 Å². The molecule has 20 heavy (non-hydrogen) atoms. The quantitative estimate of drug-likeness (QED) is 0.926. The van der Waals surface area contributed by atoms with Crippen LogP contribution in [0.15, 0.2) is 42.6 Å². The summed E-state index contributed by atoms with van der Waals surface area (Å²) in [4.78, 5) is 4.11. The molecule has 1 unspecified atom stereocenters. The predicted octanol–water partition coefficient (Wildman–Crippen LogP) is 2.45. The zero-order valence-corrected chi connectivity index (χ0v) is 11.5. The lowest BCUT2D eigenvalue weighted by Gasteiger charge is -2.26. The van der Waals surface area contributed by atoms with Gasteiger partial charge in [-0.2, -0.15) is 0 Å². The van der Waals surface area contributed by atoms with E-state index >= 15 is 0 Å². The van der Waals surface area contributed by atoms with E-state index in [1.165, 1.54) is 11.1 Å². The molecule has 0 saturated carbocycles. The van der Waals surface area contributed by atoms with E-state index in [2.05, 4.69) is 34.6 Å². The molecular weight excluding hydrogens is 252 g/mol. The van der Waals surface area contributed by atoms with Crippen molar-refractivity contribution in [2.24, 2.45) is 0 Å². The average molecular weight is 270 g/mol. The van der Waals surface area contributed by atoms with Crippen molar-refractivity contribution >= 4 is 0 Å². The number of benzene rings is 1. The highest BCUT2D eigenvalue weighted by Gasteiger charge is 2.19. The number of fused-ring (bicyclic) bond motifs is 1. The van der Waals surface area contributed by atoms with E-state index < -0.39 is 0 Å². The second-order valence-electron chi connectivity index (χ2n) is 4.85. The molecule has 0 radical (unpaired) electrons. The molecule has 0 amide bonds. The van der Waals surface area contributed by atoms with Crippen molar-refractivity contribution in [2.45, 2.75) is 19.2 Å². The largest absolute Gasteiger partial charge is 0.481 e. The van der Waals surface area contributed by atoms with Gasteiger partial charge in [-0.25, -0.2) is 4.98 Å². The van der Waals surface area contributed by atoms with Crippen LogP contribution in [0.2, 0.25) is 0 Å². The fourth-order valence-corrected chi connectivity index (χ4v) is 2.46. The Kier molecular flexibility index (Phi) is 3.95. The summed E-state index contributed by atoms with van der Waals surface area (Å²) >= 11 is 0. The molecule has 0 bridgehead atoms. The third kappa shape index (κ3) is 2.81. The molecule has 1 aromatic carbocycles. The molecular formula is C16H18N2O2. The lowest BCUT2D eigenvalue weighted by molar-refractivity contribution is 0.0817. The first-order valence-electron chi connectivity index (χ1n) is 6.74. The van der Waals surface area contributed by atoms with E-state index in [1.807, 2.05) is 12.1 Å². The molecule has 2 aromatic rings. The first-order valence-corrected chi connectivity index (χ1v) is 6.74. The highest BCUT2D eigenvalue weighted by molar-refractivity contribution is 5.31. The van der Waals surface area contributed by atoms with Gasteiger partial charge < -0.3 is 14.8 Å². The maximum Gasteiger partial charge on any atom is 0.213 e.